The van der Waals surface area contributed by atoms with Crippen LogP contribution in [0.15, 0.2) is 30.5 Å². The summed E-state index contributed by atoms with van der Waals surface area (Å²) in [5.74, 6) is -0.672. The molecule has 0 fully saturated rings. The molecule has 0 atom stereocenters. The minimum absolute atomic E-state index is 0.178. The van der Waals surface area contributed by atoms with E-state index in [0.29, 0.717) is 16.6 Å². The summed E-state index contributed by atoms with van der Waals surface area (Å²) in [7, 11) is 0. The van der Waals surface area contributed by atoms with Gasteiger partial charge in [-0.05, 0) is 50.4 Å². The summed E-state index contributed by atoms with van der Waals surface area (Å²) in [5.41, 5.74) is -0.428. The van der Waals surface area contributed by atoms with Gasteiger partial charge in [-0.2, -0.15) is 0 Å². The number of carboxylic acid groups (broad SMARTS) is 1. The Hall–Kier alpha value is -2.63. The molecule has 0 aliphatic heterocycles. The zero-order valence-electron chi connectivity index (χ0n) is 12.0. The fraction of sp³-hybridized carbons (Fsp3) is 0.267. The van der Waals surface area contributed by atoms with Crippen molar-refractivity contribution in [3.05, 3.63) is 36.0 Å². The third-order valence-corrected chi connectivity index (χ3v) is 2.63. The second-order valence-corrected chi connectivity index (χ2v) is 5.53. The molecule has 0 aliphatic carbocycles. The van der Waals surface area contributed by atoms with E-state index in [0.717, 1.165) is 0 Å². The number of carboxylic acids is 1. The van der Waals surface area contributed by atoms with Crippen molar-refractivity contribution in [1.82, 2.24) is 4.98 Å². The predicted octanol–water partition coefficient (Wildman–Crippen LogP) is 3.28. The molecule has 6 nitrogen and oxygen atoms in total. The maximum Gasteiger partial charge on any atom is 0.413 e. The van der Waals surface area contributed by atoms with E-state index in [9.17, 15) is 9.59 Å². The van der Waals surface area contributed by atoms with Gasteiger partial charge < -0.3 is 9.84 Å². The van der Waals surface area contributed by atoms with Crippen molar-refractivity contribution in [2.75, 3.05) is 5.32 Å². The number of fused-ring (bicyclic) bond motifs is 1. The number of ether oxygens (including phenoxy) is 1. The lowest BCUT2D eigenvalue weighted by Gasteiger charge is -2.19. The summed E-state index contributed by atoms with van der Waals surface area (Å²) in [6.07, 6.45) is 0.894. The Labute approximate surface area is 121 Å². The molecular formula is C15H16N2O4. The molecule has 0 saturated carbocycles. The first kappa shape index (κ1) is 14.8. The van der Waals surface area contributed by atoms with Crippen LogP contribution in [0.25, 0.3) is 10.8 Å². The molecule has 0 bridgehead atoms. The van der Waals surface area contributed by atoms with E-state index in [2.05, 4.69) is 10.3 Å². The standard InChI is InChI=1S/C15H16N2O4/c1-15(2,3)21-14(20)17-12-11-5-4-10(13(18)19)8-9(11)6-7-16-12/h4-8H,1-3H3,(H,18,19)(H,16,17,20). The smallest absolute Gasteiger partial charge is 0.413 e. The molecule has 110 valence electrons. The van der Waals surface area contributed by atoms with Gasteiger partial charge in [-0.25, -0.2) is 14.6 Å². The van der Waals surface area contributed by atoms with Gasteiger partial charge in [0.25, 0.3) is 0 Å². The Kier molecular flexibility index (Phi) is 3.80. The number of hydrogen-bond donors (Lipinski definition) is 2. The molecule has 1 heterocycles. The highest BCUT2D eigenvalue weighted by Crippen LogP contribution is 2.23. The Balaban J connectivity index is 2.33. The number of nitrogens with one attached hydrogen (secondary N) is 1. The third kappa shape index (κ3) is 3.68. The van der Waals surface area contributed by atoms with Crippen molar-refractivity contribution in [2.45, 2.75) is 26.4 Å². The minimum Gasteiger partial charge on any atom is -0.478 e. The molecule has 2 rings (SSSR count). The molecule has 1 aromatic heterocycles. The maximum absolute atomic E-state index is 11.8. The number of hydrogen-bond acceptors (Lipinski definition) is 4. The number of aromatic nitrogens is 1. The van der Waals surface area contributed by atoms with Crippen molar-refractivity contribution in [2.24, 2.45) is 0 Å². The van der Waals surface area contributed by atoms with Gasteiger partial charge in [0.15, 0.2) is 0 Å². The molecule has 0 spiro atoms. The average molecular weight is 288 g/mol. The molecule has 0 saturated heterocycles. The van der Waals surface area contributed by atoms with Crippen molar-refractivity contribution in [3.63, 3.8) is 0 Å². The Morgan fingerprint density at radius 2 is 1.95 bits per heavy atom. The first-order chi connectivity index (χ1) is 9.76. The van der Waals surface area contributed by atoms with Crippen LogP contribution in [-0.4, -0.2) is 27.8 Å². The summed E-state index contributed by atoms with van der Waals surface area (Å²) in [6.45, 7) is 5.30. The topological polar surface area (TPSA) is 88.5 Å². The van der Waals surface area contributed by atoms with Crippen LogP contribution in [0.4, 0.5) is 10.6 Å². The SMILES string of the molecule is CC(C)(C)OC(=O)Nc1nccc2cc(C(=O)O)ccc12. The lowest BCUT2D eigenvalue weighted by molar-refractivity contribution is 0.0633. The monoisotopic (exact) mass is 288 g/mol. The molecule has 1 amide bonds. The average Bonchev–Trinajstić information content (AvgIpc) is 2.36. The largest absolute Gasteiger partial charge is 0.478 e. The number of carbonyl (C=O) groups is 2. The molecular weight excluding hydrogens is 272 g/mol. The van der Waals surface area contributed by atoms with Gasteiger partial charge in [-0.3, -0.25) is 5.32 Å². The highest BCUT2D eigenvalue weighted by atomic mass is 16.6. The molecule has 21 heavy (non-hydrogen) atoms. The number of aromatic carboxylic acids is 1. The van der Waals surface area contributed by atoms with Gasteiger partial charge in [-0.1, -0.05) is 0 Å². The van der Waals surface area contributed by atoms with Crippen LogP contribution in [0.1, 0.15) is 31.1 Å². The van der Waals surface area contributed by atoms with Crippen LogP contribution in [0.3, 0.4) is 0 Å². The second-order valence-electron chi connectivity index (χ2n) is 5.53. The van der Waals surface area contributed by atoms with Crippen LogP contribution in [0.5, 0.6) is 0 Å². The lowest BCUT2D eigenvalue weighted by Crippen LogP contribution is -2.27. The lowest BCUT2D eigenvalue weighted by atomic mass is 10.1. The van der Waals surface area contributed by atoms with Crippen molar-refractivity contribution < 1.29 is 19.4 Å². The zero-order chi connectivity index (χ0) is 15.6. The Bertz CT molecular complexity index is 704. The summed E-state index contributed by atoms with van der Waals surface area (Å²) >= 11 is 0. The highest BCUT2D eigenvalue weighted by Gasteiger charge is 2.17. The van der Waals surface area contributed by atoms with Gasteiger partial charge in [0.05, 0.1) is 5.56 Å². The van der Waals surface area contributed by atoms with E-state index in [1.807, 2.05) is 0 Å². The Morgan fingerprint density at radius 1 is 1.24 bits per heavy atom. The third-order valence-electron chi connectivity index (χ3n) is 2.63. The number of benzene rings is 1. The number of carbonyl (C=O) groups excluding carboxylic acids is 1. The fourth-order valence-corrected chi connectivity index (χ4v) is 1.81. The summed E-state index contributed by atoms with van der Waals surface area (Å²) in [6, 6.07) is 6.28. The number of nitrogens with zero attached hydrogens (tertiary/aromatic N) is 1. The van der Waals surface area contributed by atoms with E-state index in [1.165, 1.54) is 18.3 Å². The molecule has 6 heteroatoms. The normalized spacial score (nSPS) is 11.2. The molecule has 2 aromatic rings. The minimum atomic E-state index is -1.00. The number of anilines is 1. The van der Waals surface area contributed by atoms with E-state index >= 15 is 0 Å². The van der Waals surface area contributed by atoms with Crippen molar-refractivity contribution >= 4 is 28.7 Å². The maximum atomic E-state index is 11.8. The van der Waals surface area contributed by atoms with Crippen LogP contribution in [-0.2, 0) is 4.74 Å². The summed E-state index contributed by atoms with van der Waals surface area (Å²) in [4.78, 5) is 26.8. The second kappa shape index (κ2) is 5.40. The van der Waals surface area contributed by atoms with Gasteiger partial charge >= 0.3 is 12.1 Å². The summed E-state index contributed by atoms with van der Waals surface area (Å²) in [5, 5.41) is 12.9. The summed E-state index contributed by atoms with van der Waals surface area (Å²) < 4.78 is 5.17. The van der Waals surface area contributed by atoms with Crippen molar-refractivity contribution in [1.29, 1.82) is 0 Å². The zero-order valence-corrected chi connectivity index (χ0v) is 12.0. The van der Waals surface area contributed by atoms with Crippen LogP contribution >= 0.6 is 0 Å². The van der Waals surface area contributed by atoms with Crippen LogP contribution in [0.2, 0.25) is 0 Å². The van der Waals surface area contributed by atoms with E-state index in [-0.39, 0.29) is 5.56 Å². The van der Waals surface area contributed by atoms with E-state index in [1.54, 1.807) is 32.9 Å². The predicted molar refractivity (Wildman–Crippen MR) is 78.6 cm³/mol. The van der Waals surface area contributed by atoms with E-state index < -0.39 is 17.7 Å². The molecule has 2 N–H and O–H groups in total. The first-order valence-electron chi connectivity index (χ1n) is 6.38. The Morgan fingerprint density at radius 3 is 2.57 bits per heavy atom. The first-order valence-corrected chi connectivity index (χ1v) is 6.38. The molecule has 0 aliphatic rings. The molecule has 1 aromatic carbocycles. The number of rotatable bonds is 2. The molecule has 0 radical (unpaired) electrons. The highest BCUT2D eigenvalue weighted by molar-refractivity contribution is 6.01. The van der Waals surface area contributed by atoms with Crippen molar-refractivity contribution in [3.8, 4) is 0 Å². The van der Waals surface area contributed by atoms with Gasteiger partial charge in [0, 0.05) is 11.6 Å². The van der Waals surface area contributed by atoms with Gasteiger partial charge in [0.2, 0.25) is 0 Å². The fourth-order valence-electron chi connectivity index (χ4n) is 1.81. The van der Waals surface area contributed by atoms with Gasteiger partial charge in [0.1, 0.15) is 11.4 Å². The number of pyridine rings is 1. The number of amides is 1. The van der Waals surface area contributed by atoms with E-state index in [4.69, 9.17) is 9.84 Å². The quantitative estimate of drug-likeness (QED) is 0.885. The van der Waals surface area contributed by atoms with Gasteiger partial charge in [-0.15, -0.1) is 0 Å². The van der Waals surface area contributed by atoms with Crippen LogP contribution < -0.4 is 5.32 Å². The molecule has 0 unspecified atom stereocenters. The van der Waals surface area contributed by atoms with Crippen LogP contribution in [0, 0.1) is 0 Å².